The van der Waals surface area contributed by atoms with Gasteiger partial charge in [0.05, 0.1) is 5.69 Å². The van der Waals surface area contributed by atoms with Crippen molar-refractivity contribution in [3.63, 3.8) is 0 Å². The molecule has 1 fully saturated rings. The van der Waals surface area contributed by atoms with E-state index in [2.05, 4.69) is 53.0 Å². The summed E-state index contributed by atoms with van der Waals surface area (Å²) in [6, 6.07) is 2.05. The molecule has 22 heteroatoms. The third-order valence-electron chi connectivity index (χ3n) is 12.9. The Kier molecular flexibility index (Phi) is 23.5. The summed E-state index contributed by atoms with van der Waals surface area (Å²) in [5, 5.41) is 31.0. The van der Waals surface area contributed by atoms with Crippen molar-refractivity contribution in [2.75, 3.05) is 18.1 Å². The Bertz CT molecular complexity index is 2200. The lowest BCUT2D eigenvalue weighted by atomic mass is 9.93. The number of hydrogen-bond donors (Lipinski definition) is 10. The number of carbonyl (C=O) groups is 10. The summed E-state index contributed by atoms with van der Waals surface area (Å²) < 4.78 is 0. The number of nitrogens with two attached hydrogens (primary N) is 1. The fraction of sp³-hybridized carbons (Fsp3) is 0.673. The Morgan fingerprint density at radius 3 is 1.95 bits per heavy atom. The Hall–Kier alpha value is -6.61. The van der Waals surface area contributed by atoms with Crippen molar-refractivity contribution in [2.45, 2.75) is 188 Å². The minimum atomic E-state index is -1.67. The number of hydrazone groups is 1. The summed E-state index contributed by atoms with van der Waals surface area (Å²) in [4.78, 5) is 137. The highest BCUT2D eigenvalue weighted by Gasteiger charge is 2.47. The van der Waals surface area contributed by atoms with Crippen LogP contribution in [0.25, 0.3) is 0 Å². The van der Waals surface area contributed by atoms with Crippen LogP contribution in [0.5, 0.6) is 0 Å². The number of nitrogens with one attached hydrogen (secondary N) is 9. The molecule has 2 bridgehead atoms. The lowest BCUT2D eigenvalue weighted by Crippen LogP contribution is -2.64. The fourth-order valence-corrected chi connectivity index (χ4v) is 8.61. The van der Waals surface area contributed by atoms with Gasteiger partial charge in [0.25, 0.3) is 5.91 Å². The van der Waals surface area contributed by atoms with Gasteiger partial charge in [-0.2, -0.15) is 5.10 Å². The second kappa shape index (κ2) is 28.2. The quantitative estimate of drug-likeness (QED) is 0.134. The lowest BCUT2D eigenvalue weighted by molar-refractivity contribution is -0.138. The number of fused-ring (bicyclic) bond motifs is 2. The number of nitrogens with zero attached hydrogens (tertiary/aromatic N) is 2. The molecule has 1 aromatic carbocycles. The van der Waals surface area contributed by atoms with Gasteiger partial charge in [-0.05, 0) is 108 Å². The predicted octanol–water partition coefficient (Wildman–Crippen LogP) is 1.31. The summed E-state index contributed by atoms with van der Waals surface area (Å²) in [6.45, 7) is 20.4. The number of para-hydroxylation sites is 1. The molecule has 0 spiro atoms. The summed E-state index contributed by atoms with van der Waals surface area (Å²) in [5.74, 6) is -7.38. The van der Waals surface area contributed by atoms with E-state index in [1.165, 1.54) is 25.8 Å². The molecule has 7 unspecified atom stereocenters. The molecule has 2 heterocycles. The SMILES string of the molecule is CC(=O)NC(C(=O)NC1CCCCNC(=O)C2(C)CC(=NN2c2ccccc2)C(=O)NCCCCC(C(=O)NC(CC(C)C)C(N)=O)NC(=O)C(C(C)C)NC(=O)C(C)(C)NC(=O)C(CC(C)C)NC1=O)C(C)C. The Morgan fingerprint density at radius 2 is 1.38 bits per heavy atom. The van der Waals surface area contributed by atoms with E-state index in [1.54, 1.807) is 58.9 Å². The van der Waals surface area contributed by atoms with Gasteiger partial charge in [0.1, 0.15) is 53.0 Å². The van der Waals surface area contributed by atoms with E-state index >= 15 is 0 Å². The second-order valence-electron chi connectivity index (χ2n) is 21.8. The van der Waals surface area contributed by atoms with Gasteiger partial charge < -0.3 is 53.6 Å². The van der Waals surface area contributed by atoms with E-state index in [1.807, 2.05) is 33.8 Å². The number of carbonyl (C=O) groups excluding carboxylic acids is 10. The van der Waals surface area contributed by atoms with Gasteiger partial charge in [-0.15, -0.1) is 0 Å². The average Bonchev–Trinajstić information content (AvgIpc) is 3.68. The van der Waals surface area contributed by atoms with Crippen LogP contribution in [-0.4, -0.2) is 125 Å². The monoisotopic (exact) mass is 1040 g/mol. The minimum absolute atomic E-state index is 0.0162. The molecule has 0 aromatic heterocycles. The zero-order valence-electron chi connectivity index (χ0n) is 45.5. The van der Waals surface area contributed by atoms with E-state index in [-0.39, 0.29) is 68.7 Å². The summed E-state index contributed by atoms with van der Waals surface area (Å²) in [5.41, 5.74) is 3.32. The number of hydrogen-bond acceptors (Lipinski definition) is 12. The van der Waals surface area contributed by atoms with Gasteiger partial charge in [-0.25, -0.2) is 5.01 Å². The topological polar surface area (TPSA) is 321 Å². The van der Waals surface area contributed by atoms with Crippen LogP contribution in [0, 0.1) is 23.7 Å². The van der Waals surface area contributed by atoms with E-state index in [0.717, 1.165) is 0 Å². The first kappa shape index (κ1) is 61.7. The van der Waals surface area contributed by atoms with Crippen LogP contribution in [0.15, 0.2) is 35.4 Å². The molecule has 7 atom stereocenters. The first-order valence-corrected chi connectivity index (χ1v) is 26.0. The summed E-state index contributed by atoms with van der Waals surface area (Å²) in [7, 11) is 0. The molecule has 10 amide bonds. The van der Waals surface area contributed by atoms with Crippen LogP contribution < -0.4 is 58.6 Å². The number of rotatable bonds is 13. The van der Waals surface area contributed by atoms with Gasteiger partial charge in [0, 0.05) is 26.4 Å². The minimum Gasteiger partial charge on any atom is -0.368 e. The zero-order valence-corrected chi connectivity index (χ0v) is 45.5. The van der Waals surface area contributed by atoms with Crippen LogP contribution in [0.3, 0.4) is 0 Å². The van der Waals surface area contributed by atoms with Crippen LogP contribution in [0.1, 0.15) is 141 Å². The van der Waals surface area contributed by atoms with E-state index < -0.39 is 112 Å². The Balaban J connectivity index is 2.07. The van der Waals surface area contributed by atoms with Crippen molar-refractivity contribution in [2.24, 2.45) is 34.5 Å². The van der Waals surface area contributed by atoms with Crippen molar-refractivity contribution in [1.82, 2.24) is 47.9 Å². The molecule has 3 rings (SSSR count). The summed E-state index contributed by atoms with van der Waals surface area (Å²) in [6.07, 6.45) is 1.75. The van der Waals surface area contributed by atoms with Crippen molar-refractivity contribution in [1.29, 1.82) is 0 Å². The number of benzene rings is 1. The maximum absolute atomic E-state index is 14.3. The van der Waals surface area contributed by atoms with Crippen LogP contribution in [0.4, 0.5) is 5.69 Å². The zero-order chi connectivity index (χ0) is 55.7. The standard InChI is InChI=1S/C52H84N12O10/c1-29(2)26-37(42(53)66)59-44(68)35-22-16-18-24-54-43(67)39-28-52(12,64(63-39)34-20-14-13-15-21-34)50(74)55-25-19-17-23-36(57-47(71)40(31(5)6)56-33(9)65)45(69)60-38(27-30(3)4)46(70)62-51(10,11)49(73)61-41(32(7)8)48(72)58-35/h13-15,20-21,29-32,35-38,40-41H,16-19,22-28H2,1-12H3,(H2,53,66)(H,54,67)(H,55,74)(H,56,65)(H,57,71)(H,58,72)(H,59,68)(H,60,69)(H,61,73)(H,62,70). The molecule has 22 nitrogen and oxygen atoms in total. The fourth-order valence-electron chi connectivity index (χ4n) is 8.61. The van der Waals surface area contributed by atoms with Crippen molar-refractivity contribution in [3.05, 3.63) is 30.3 Å². The normalized spacial score (nSPS) is 24.2. The molecule has 11 N–H and O–H groups in total. The molecule has 412 valence electrons. The molecule has 0 radical (unpaired) electrons. The van der Waals surface area contributed by atoms with Crippen LogP contribution >= 0.6 is 0 Å². The van der Waals surface area contributed by atoms with Crippen molar-refractivity contribution >= 4 is 70.5 Å². The molecular formula is C52H84N12O10. The maximum Gasteiger partial charge on any atom is 0.267 e. The van der Waals surface area contributed by atoms with Gasteiger partial charge in [-0.1, -0.05) is 73.6 Å². The third kappa shape index (κ3) is 18.4. The van der Waals surface area contributed by atoms with Gasteiger partial charge in [-0.3, -0.25) is 47.9 Å². The molecule has 1 aromatic rings. The molecular weight excluding hydrogens is 953 g/mol. The lowest BCUT2D eigenvalue weighted by Gasteiger charge is -2.33. The maximum atomic E-state index is 14.3. The number of anilines is 1. The Labute approximate surface area is 436 Å². The molecule has 2 aliphatic heterocycles. The van der Waals surface area contributed by atoms with Crippen LogP contribution in [-0.2, 0) is 47.9 Å². The summed E-state index contributed by atoms with van der Waals surface area (Å²) >= 11 is 0. The van der Waals surface area contributed by atoms with Gasteiger partial charge in [0.15, 0.2) is 0 Å². The Morgan fingerprint density at radius 1 is 0.757 bits per heavy atom. The second-order valence-corrected chi connectivity index (χ2v) is 21.8. The molecule has 1 saturated heterocycles. The molecule has 74 heavy (non-hydrogen) atoms. The largest absolute Gasteiger partial charge is 0.368 e. The van der Waals surface area contributed by atoms with Crippen molar-refractivity contribution in [3.8, 4) is 0 Å². The molecule has 0 aliphatic carbocycles. The van der Waals surface area contributed by atoms with Gasteiger partial charge in [0.2, 0.25) is 53.2 Å². The number of primary amides is 1. The first-order valence-electron chi connectivity index (χ1n) is 26.0. The predicted molar refractivity (Wildman–Crippen MR) is 280 cm³/mol. The third-order valence-corrected chi connectivity index (χ3v) is 12.9. The molecule has 2 aliphatic rings. The highest BCUT2D eigenvalue weighted by Crippen LogP contribution is 2.33. The molecule has 0 saturated carbocycles. The smallest absolute Gasteiger partial charge is 0.267 e. The van der Waals surface area contributed by atoms with Gasteiger partial charge >= 0.3 is 0 Å². The van der Waals surface area contributed by atoms with E-state index in [0.29, 0.717) is 31.4 Å². The first-order chi connectivity index (χ1) is 34.6. The highest BCUT2D eigenvalue weighted by atomic mass is 16.2. The average molecular weight is 1040 g/mol. The van der Waals surface area contributed by atoms with E-state index in [9.17, 15) is 47.9 Å². The highest BCUT2D eigenvalue weighted by molar-refractivity contribution is 6.40. The van der Waals surface area contributed by atoms with E-state index in [4.69, 9.17) is 5.73 Å². The van der Waals surface area contributed by atoms with Crippen LogP contribution in [0.2, 0.25) is 0 Å². The number of amides is 10. The van der Waals surface area contributed by atoms with Crippen molar-refractivity contribution < 1.29 is 47.9 Å².